The molecule has 2 aromatic carbocycles. The summed E-state index contributed by atoms with van der Waals surface area (Å²) in [4.78, 5) is 18.6. The number of hydrogen-bond donors (Lipinski definition) is 2. The molecule has 0 aliphatic carbocycles. The zero-order chi connectivity index (χ0) is 25.3. The molecule has 35 heavy (non-hydrogen) atoms. The van der Waals surface area contributed by atoms with E-state index in [0.29, 0.717) is 17.9 Å². The second-order valence-electron chi connectivity index (χ2n) is 7.86. The minimum absolute atomic E-state index is 0.0479. The second-order valence-corrected chi connectivity index (χ2v) is 9.81. The molecule has 1 saturated heterocycles. The number of aromatic nitrogens is 1. The Labute approximate surface area is 205 Å². The number of hydrogen-bond acceptors (Lipinski definition) is 7. The van der Waals surface area contributed by atoms with E-state index in [1.165, 1.54) is 12.1 Å². The van der Waals surface area contributed by atoms with Crippen molar-refractivity contribution in [3.8, 4) is 6.57 Å². The summed E-state index contributed by atoms with van der Waals surface area (Å²) in [5, 5.41) is 12.8. The van der Waals surface area contributed by atoms with E-state index in [2.05, 4.69) is 28.8 Å². The van der Waals surface area contributed by atoms with E-state index >= 15 is 0 Å². The number of pyridine rings is 1. The maximum Gasteiger partial charge on any atom is 0.253 e. The highest BCUT2D eigenvalue weighted by Crippen LogP contribution is 2.23. The molecule has 0 spiro atoms. The van der Waals surface area contributed by atoms with Gasteiger partial charge in [-0.1, -0.05) is 18.7 Å². The molecule has 2 heterocycles. The minimum atomic E-state index is -3.67. The van der Waals surface area contributed by atoms with E-state index in [1.54, 1.807) is 53.7 Å². The lowest BCUT2D eigenvalue weighted by atomic mass is 10.2. The first-order chi connectivity index (χ1) is 16.9. The molecule has 1 aliphatic heterocycles. The maximum atomic E-state index is 13.0. The quantitative estimate of drug-likeness (QED) is 0.492. The summed E-state index contributed by atoms with van der Waals surface area (Å²) in [6.07, 6.45) is 5.40. The Morgan fingerprint density at radius 2 is 1.49 bits per heavy atom. The highest BCUT2D eigenvalue weighted by atomic mass is 32.2. The zero-order valence-corrected chi connectivity index (χ0v) is 20.0. The van der Waals surface area contributed by atoms with Gasteiger partial charge in [-0.2, -0.15) is 0 Å². The SMILES string of the molecule is C#N.C=C(NCc1ccc(S(=O)(=O)c2ccc(C(=O)N3CCCC3)cc2)cc1)Nc1ccncc1. The van der Waals surface area contributed by atoms with Crippen molar-refractivity contribution >= 4 is 21.4 Å². The maximum absolute atomic E-state index is 13.0. The summed E-state index contributed by atoms with van der Waals surface area (Å²) < 4.78 is 26.0. The third-order valence-corrected chi connectivity index (χ3v) is 7.31. The molecule has 3 aromatic rings. The van der Waals surface area contributed by atoms with E-state index in [4.69, 9.17) is 5.26 Å². The first-order valence-corrected chi connectivity index (χ1v) is 12.5. The lowest BCUT2D eigenvalue weighted by molar-refractivity contribution is 0.0792. The number of carbonyl (C=O) groups is 1. The molecule has 0 radical (unpaired) electrons. The predicted octanol–water partition coefficient (Wildman–Crippen LogP) is 3.96. The lowest BCUT2D eigenvalue weighted by Crippen LogP contribution is -2.27. The van der Waals surface area contributed by atoms with Gasteiger partial charge in [-0.25, -0.2) is 13.7 Å². The molecular formula is C26H27N5O3S. The molecule has 180 valence electrons. The van der Waals surface area contributed by atoms with Gasteiger partial charge < -0.3 is 15.5 Å². The van der Waals surface area contributed by atoms with Crippen LogP contribution in [0.1, 0.15) is 28.8 Å². The summed E-state index contributed by atoms with van der Waals surface area (Å²) >= 11 is 0. The number of amides is 1. The summed E-state index contributed by atoms with van der Waals surface area (Å²) in [5.74, 6) is 0.578. The average molecular weight is 490 g/mol. The smallest absolute Gasteiger partial charge is 0.253 e. The first-order valence-electron chi connectivity index (χ1n) is 11.0. The molecule has 2 N–H and O–H groups in total. The van der Waals surface area contributed by atoms with Gasteiger partial charge in [-0.3, -0.25) is 9.78 Å². The van der Waals surface area contributed by atoms with E-state index in [9.17, 15) is 13.2 Å². The Hall–Kier alpha value is -4.16. The second kappa shape index (κ2) is 11.8. The molecule has 8 nitrogen and oxygen atoms in total. The number of nitriles is 1. The van der Waals surface area contributed by atoms with Gasteiger partial charge in [-0.05, 0) is 66.9 Å². The fourth-order valence-electron chi connectivity index (χ4n) is 3.66. The van der Waals surface area contributed by atoms with E-state index in [-0.39, 0.29) is 15.7 Å². The molecular weight excluding hydrogens is 462 g/mol. The largest absolute Gasteiger partial charge is 0.368 e. The van der Waals surface area contributed by atoms with Crippen molar-refractivity contribution in [2.45, 2.75) is 29.2 Å². The summed E-state index contributed by atoms with van der Waals surface area (Å²) in [6.45, 7) is 9.45. The first kappa shape index (κ1) is 25.5. The van der Waals surface area contributed by atoms with Crippen LogP contribution in [0.3, 0.4) is 0 Å². The molecule has 0 atom stereocenters. The van der Waals surface area contributed by atoms with Gasteiger partial charge in [-0.15, -0.1) is 0 Å². The van der Waals surface area contributed by atoms with Crippen molar-refractivity contribution in [3.63, 3.8) is 0 Å². The molecule has 4 rings (SSSR count). The van der Waals surface area contributed by atoms with Gasteiger partial charge in [0.25, 0.3) is 5.91 Å². The molecule has 1 fully saturated rings. The van der Waals surface area contributed by atoms with Crippen molar-refractivity contribution < 1.29 is 13.2 Å². The van der Waals surface area contributed by atoms with Gasteiger partial charge >= 0.3 is 0 Å². The number of nitrogens with zero attached hydrogens (tertiary/aromatic N) is 3. The van der Waals surface area contributed by atoms with Crippen LogP contribution in [0.2, 0.25) is 0 Å². The molecule has 0 unspecified atom stereocenters. The Balaban J connectivity index is 0.00000167. The molecule has 0 bridgehead atoms. The summed E-state index contributed by atoms with van der Waals surface area (Å²) in [5.41, 5.74) is 2.30. The van der Waals surface area contributed by atoms with Crippen molar-refractivity contribution in [1.29, 1.82) is 5.26 Å². The number of likely N-dealkylation sites (tertiary alicyclic amines) is 1. The minimum Gasteiger partial charge on any atom is -0.368 e. The number of rotatable bonds is 8. The van der Waals surface area contributed by atoms with Crippen molar-refractivity contribution in [1.82, 2.24) is 15.2 Å². The van der Waals surface area contributed by atoms with Crippen molar-refractivity contribution in [2.75, 3.05) is 18.4 Å². The number of anilines is 1. The molecule has 0 saturated carbocycles. The van der Waals surface area contributed by atoms with Gasteiger partial charge in [0.15, 0.2) is 0 Å². The van der Waals surface area contributed by atoms with Crippen LogP contribution in [0.25, 0.3) is 0 Å². The van der Waals surface area contributed by atoms with Gasteiger partial charge in [0.1, 0.15) is 0 Å². The van der Waals surface area contributed by atoms with Crippen LogP contribution in [0.4, 0.5) is 5.69 Å². The highest BCUT2D eigenvalue weighted by molar-refractivity contribution is 7.91. The fraction of sp³-hybridized carbons (Fsp3) is 0.192. The zero-order valence-electron chi connectivity index (χ0n) is 19.2. The number of sulfone groups is 1. The third kappa shape index (κ3) is 6.46. The Kier molecular flexibility index (Phi) is 8.59. The van der Waals surface area contributed by atoms with Crippen LogP contribution in [-0.2, 0) is 16.4 Å². The lowest BCUT2D eigenvalue weighted by Gasteiger charge is -2.15. The van der Waals surface area contributed by atoms with Crippen molar-refractivity contribution in [3.05, 3.63) is 96.6 Å². The average Bonchev–Trinajstić information content (AvgIpc) is 3.44. The Bertz CT molecular complexity index is 1270. The van der Waals surface area contributed by atoms with E-state index in [1.807, 2.05) is 12.1 Å². The highest BCUT2D eigenvalue weighted by Gasteiger charge is 2.21. The summed E-state index contributed by atoms with van der Waals surface area (Å²) in [6, 6.07) is 16.6. The van der Waals surface area contributed by atoms with Crippen LogP contribution in [0.5, 0.6) is 0 Å². The topological polar surface area (TPSA) is 115 Å². The van der Waals surface area contributed by atoms with Crippen molar-refractivity contribution in [2.24, 2.45) is 0 Å². The standard InChI is InChI=1S/C25H26N4O3S.CHN/c1-19(28-22-12-14-26-15-13-22)27-18-20-4-8-23(9-5-20)33(31,32)24-10-6-21(7-11-24)25(30)29-16-2-3-17-29;1-2/h4-15,27H,1-3,16-18H2,(H,26,28);1H. The van der Waals surface area contributed by atoms with Crippen LogP contribution in [0, 0.1) is 11.8 Å². The monoisotopic (exact) mass is 489 g/mol. The Morgan fingerprint density at radius 3 is 2.06 bits per heavy atom. The molecule has 9 heteroatoms. The van der Waals surface area contributed by atoms with Crippen LogP contribution in [0.15, 0.2) is 95.2 Å². The molecule has 1 aromatic heterocycles. The van der Waals surface area contributed by atoms with Gasteiger partial charge in [0.2, 0.25) is 9.84 Å². The predicted molar refractivity (Wildman–Crippen MR) is 134 cm³/mol. The van der Waals surface area contributed by atoms with E-state index in [0.717, 1.165) is 37.2 Å². The number of nitrogens with one attached hydrogen (secondary N) is 2. The molecule has 1 aliphatic rings. The normalized spacial score (nSPS) is 12.8. The third-order valence-electron chi connectivity index (χ3n) is 5.52. The fourth-order valence-corrected chi connectivity index (χ4v) is 4.93. The van der Waals surface area contributed by atoms with Gasteiger partial charge in [0, 0.05) is 49.9 Å². The molecule has 1 amide bonds. The van der Waals surface area contributed by atoms with E-state index < -0.39 is 9.84 Å². The number of benzene rings is 2. The number of carbonyl (C=O) groups excluding carboxylic acids is 1. The van der Waals surface area contributed by atoms with Crippen LogP contribution >= 0.6 is 0 Å². The van der Waals surface area contributed by atoms with Crippen LogP contribution < -0.4 is 10.6 Å². The Morgan fingerprint density at radius 1 is 0.943 bits per heavy atom. The summed E-state index contributed by atoms with van der Waals surface area (Å²) in [7, 11) is -3.67. The van der Waals surface area contributed by atoms with Crippen LogP contribution in [-0.4, -0.2) is 37.3 Å². The van der Waals surface area contributed by atoms with Gasteiger partial charge in [0.05, 0.1) is 15.6 Å².